The summed E-state index contributed by atoms with van der Waals surface area (Å²) in [4.78, 5) is 10.6. The average Bonchev–Trinajstić information content (AvgIpc) is 2.99. The molecule has 0 aliphatic carbocycles. The fourth-order valence-electron chi connectivity index (χ4n) is 4.13. The maximum atomic E-state index is 6.54. The van der Waals surface area contributed by atoms with Gasteiger partial charge < -0.3 is 10.1 Å². The van der Waals surface area contributed by atoms with Gasteiger partial charge in [-0.3, -0.25) is 9.82 Å². The third-order valence-electron chi connectivity index (χ3n) is 5.80. The summed E-state index contributed by atoms with van der Waals surface area (Å²) in [5, 5.41) is 5.45. The SMILES string of the molecule is CCN(CC)OCc1ccc(C2=CC3(CCCNCC3)Oc3ccccc32)nc1. The van der Waals surface area contributed by atoms with Gasteiger partial charge in [0.1, 0.15) is 11.4 Å². The zero-order valence-electron chi connectivity index (χ0n) is 17.5. The predicted octanol–water partition coefficient (Wildman–Crippen LogP) is 4.19. The lowest BCUT2D eigenvalue weighted by atomic mass is 9.85. The molecule has 4 rings (SSSR count). The maximum Gasteiger partial charge on any atom is 0.129 e. The molecular formula is C24H31N3O2. The first-order valence-corrected chi connectivity index (χ1v) is 10.8. The monoisotopic (exact) mass is 393 g/mol. The van der Waals surface area contributed by atoms with Crippen LogP contribution in [0.25, 0.3) is 5.57 Å². The lowest BCUT2D eigenvalue weighted by molar-refractivity contribution is -0.163. The van der Waals surface area contributed by atoms with E-state index < -0.39 is 0 Å². The Labute approximate surface area is 173 Å². The molecule has 1 fully saturated rings. The third kappa shape index (κ3) is 4.53. The number of rotatable bonds is 6. The zero-order valence-corrected chi connectivity index (χ0v) is 17.5. The van der Waals surface area contributed by atoms with Gasteiger partial charge in [0.25, 0.3) is 0 Å². The van der Waals surface area contributed by atoms with Gasteiger partial charge in [-0.05, 0) is 49.7 Å². The Kier molecular flexibility index (Phi) is 6.28. The standard InChI is InChI=1S/C24H31N3O2/c1-3-27(4-2)28-18-19-10-11-22(26-17-19)21-16-24(12-7-14-25-15-13-24)29-23-9-6-5-8-20(21)23/h5-6,8-11,16-17,25H,3-4,7,12-15,18H2,1-2H3. The summed E-state index contributed by atoms with van der Waals surface area (Å²) in [6.07, 6.45) is 7.35. The number of aromatic nitrogens is 1. The number of pyridine rings is 1. The molecule has 5 nitrogen and oxygen atoms in total. The summed E-state index contributed by atoms with van der Waals surface area (Å²) in [5.41, 5.74) is 4.11. The first kappa shape index (κ1) is 20.1. The molecule has 2 aliphatic rings. The molecule has 1 N–H and O–H groups in total. The maximum absolute atomic E-state index is 6.54. The van der Waals surface area contributed by atoms with Crippen molar-refractivity contribution in [2.75, 3.05) is 26.2 Å². The van der Waals surface area contributed by atoms with Crippen LogP contribution in [0.3, 0.4) is 0 Å². The molecule has 1 aromatic carbocycles. The summed E-state index contributed by atoms with van der Waals surface area (Å²) in [7, 11) is 0. The van der Waals surface area contributed by atoms with E-state index in [0.29, 0.717) is 6.61 Å². The Balaban J connectivity index is 1.61. The zero-order chi connectivity index (χ0) is 20.1. The summed E-state index contributed by atoms with van der Waals surface area (Å²) in [5.74, 6) is 0.961. The second-order valence-electron chi connectivity index (χ2n) is 7.76. The highest BCUT2D eigenvalue weighted by molar-refractivity contribution is 5.83. The van der Waals surface area contributed by atoms with E-state index >= 15 is 0 Å². The van der Waals surface area contributed by atoms with Crippen LogP contribution in [0.2, 0.25) is 0 Å². The van der Waals surface area contributed by atoms with Crippen molar-refractivity contribution in [1.29, 1.82) is 0 Å². The summed E-state index contributed by atoms with van der Waals surface area (Å²) in [6, 6.07) is 12.5. The number of benzene rings is 1. The average molecular weight is 394 g/mol. The number of para-hydroxylation sites is 1. The lowest BCUT2D eigenvalue weighted by Crippen LogP contribution is -2.37. The Morgan fingerprint density at radius 2 is 1.97 bits per heavy atom. The van der Waals surface area contributed by atoms with E-state index in [1.807, 2.05) is 17.3 Å². The number of hydrogen-bond donors (Lipinski definition) is 1. The van der Waals surface area contributed by atoms with Crippen LogP contribution in [0.15, 0.2) is 48.7 Å². The fraction of sp³-hybridized carbons (Fsp3) is 0.458. The summed E-state index contributed by atoms with van der Waals surface area (Å²) < 4.78 is 6.54. The van der Waals surface area contributed by atoms with E-state index in [-0.39, 0.29) is 5.60 Å². The molecular weight excluding hydrogens is 362 g/mol. The molecule has 0 bridgehead atoms. The van der Waals surface area contributed by atoms with Crippen LogP contribution in [0, 0.1) is 0 Å². The summed E-state index contributed by atoms with van der Waals surface area (Å²) in [6.45, 7) is 8.52. The number of nitrogens with one attached hydrogen (secondary N) is 1. The van der Waals surface area contributed by atoms with E-state index in [9.17, 15) is 0 Å². The van der Waals surface area contributed by atoms with Crippen molar-refractivity contribution in [1.82, 2.24) is 15.4 Å². The van der Waals surface area contributed by atoms with Crippen LogP contribution in [0.1, 0.15) is 49.9 Å². The largest absolute Gasteiger partial charge is 0.482 e. The molecule has 2 aromatic rings. The first-order valence-electron chi connectivity index (χ1n) is 10.8. The topological polar surface area (TPSA) is 46.6 Å². The Hall–Kier alpha value is -2.21. The van der Waals surface area contributed by atoms with Crippen LogP contribution >= 0.6 is 0 Å². The normalized spacial score (nSPS) is 21.4. The van der Waals surface area contributed by atoms with Crippen molar-refractivity contribution in [3.63, 3.8) is 0 Å². The molecule has 1 saturated heterocycles. The molecule has 2 aliphatic heterocycles. The van der Waals surface area contributed by atoms with Gasteiger partial charge in [-0.1, -0.05) is 38.1 Å². The third-order valence-corrected chi connectivity index (χ3v) is 5.80. The van der Waals surface area contributed by atoms with E-state index in [1.54, 1.807) is 0 Å². The molecule has 1 spiro atoms. The van der Waals surface area contributed by atoms with Crippen LogP contribution in [0.4, 0.5) is 0 Å². The van der Waals surface area contributed by atoms with Crippen LogP contribution < -0.4 is 10.1 Å². The highest BCUT2D eigenvalue weighted by atomic mass is 16.7. The van der Waals surface area contributed by atoms with Gasteiger partial charge in [0.2, 0.25) is 0 Å². The Morgan fingerprint density at radius 1 is 1.10 bits per heavy atom. The van der Waals surface area contributed by atoms with Gasteiger partial charge in [-0.25, -0.2) is 0 Å². The number of hydrogen-bond acceptors (Lipinski definition) is 5. The minimum absolute atomic E-state index is 0.251. The van der Waals surface area contributed by atoms with Crippen molar-refractivity contribution in [3.05, 3.63) is 65.5 Å². The molecule has 29 heavy (non-hydrogen) atoms. The van der Waals surface area contributed by atoms with Crippen LogP contribution in [-0.2, 0) is 11.4 Å². The highest BCUT2D eigenvalue weighted by Crippen LogP contribution is 2.42. The molecule has 1 aromatic heterocycles. The molecule has 1 atom stereocenters. The molecule has 0 amide bonds. The highest BCUT2D eigenvalue weighted by Gasteiger charge is 2.36. The minimum atomic E-state index is -0.251. The van der Waals surface area contributed by atoms with Crippen molar-refractivity contribution >= 4 is 5.57 Å². The van der Waals surface area contributed by atoms with Crippen LogP contribution in [0.5, 0.6) is 5.75 Å². The van der Waals surface area contributed by atoms with Gasteiger partial charge in [0.15, 0.2) is 0 Å². The second-order valence-corrected chi connectivity index (χ2v) is 7.76. The van der Waals surface area contributed by atoms with E-state index in [1.165, 1.54) is 5.57 Å². The molecule has 0 saturated carbocycles. The molecule has 3 heterocycles. The molecule has 0 radical (unpaired) electrons. The quantitative estimate of drug-likeness (QED) is 0.746. The van der Waals surface area contributed by atoms with E-state index in [2.05, 4.69) is 55.6 Å². The van der Waals surface area contributed by atoms with Gasteiger partial charge in [0, 0.05) is 36.8 Å². The van der Waals surface area contributed by atoms with Gasteiger partial charge in [0.05, 0.1) is 12.3 Å². The molecule has 1 unspecified atom stereocenters. The van der Waals surface area contributed by atoms with Crippen LogP contribution in [-0.4, -0.2) is 41.8 Å². The van der Waals surface area contributed by atoms with Gasteiger partial charge in [-0.2, -0.15) is 5.06 Å². The number of hydroxylamine groups is 2. The second kappa shape index (κ2) is 9.08. The number of nitrogens with zero attached hydrogens (tertiary/aromatic N) is 2. The van der Waals surface area contributed by atoms with Crippen molar-refractivity contribution in [3.8, 4) is 5.75 Å². The van der Waals surface area contributed by atoms with Crippen molar-refractivity contribution < 1.29 is 9.57 Å². The minimum Gasteiger partial charge on any atom is -0.482 e. The van der Waals surface area contributed by atoms with Gasteiger partial charge >= 0.3 is 0 Å². The smallest absolute Gasteiger partial charge is 0.129 e. The predicted molar refractivity (Wildman–Crippen MR) is 116 cm³/mol. The van der Waals surface area contributed by atoms with Crippen molar-refractivity contribution in [2.45, 2.75) is 45.3 Å². The van der Waals surface area contributed by atoms with Gasteiger partial charge in [-0.15, -0.1) is 0 Å². The molecule has 154 valence electrons. The Bertz CT molecular complexity index is 835. The lowest BCUT2D eigenvalue weighted by Gasteiger charge is -2.36. The number of ether oxygens (including phenoxy) is 1. The van der Waals surface area contributed by atoms with E-state index in [4.69, 9.17) is 14.6 Å². The first-order chi connectivity index (χ1) is 14.2. The Morgan fingerprint density at radius 3 is 2.76 bits per heavy atom. The number of fused-ring (bicyclic) bond motifs is 1. The molecule has 5 heteroatoms. The van der Waals surface area contributed by atoms with Crippen molar-refractivity contribution in [2.24, 2.45) is 0 Å². The van der Waals surface area contributed by atoms with E-state index in [0.717, 1.165) is 68.0 Å². The summed E-state index contributed by atoms with van der Waals surface area (Å²) >= 11 is 0. The fourth-order valence-corrected chi connectivity index (χ4v) is 4.13.